The molecule has 1 aromatic rings. The van der Waals surface area contributed by atoms with E-state index < -0.39 is 23.9 Å². The summed E-state index contributed by atoms with van der Waals surface area (Å²) >= 11 is 0. The number of likely N-dealkylation sites (tertiary alicyclic amines) is 1. The lowest BCUT2D eigenvalue weighted by atomic mass is 9.94. The molecule has 2 N–H and O–H groups in total. The molecule has 0 saturated carbocycles. The van der Waals surface area contributed by atoms with Crippen molar-refractivity contribution >= 4 is 23.6 Å². The van der Waals surface area contributed by atoms with Crippen LogP contribution < -0.4 is 16.3 Å². The van der Waals surface area contributed by atoms with Gasteiger partial charge >= 0.3 is 5.69 Å². The molecule has 5 rings (SSSR count). The molecular weight excluding hydrogens is 496 g/mol. The summed E-state index contributed by atoms with van der Waals surface area (Å²) in [7, 11) is 1.69. The normalized spacial score (nSPS) is 27.8. The predicted molar refractivity (Wildman–Crippen MR) is 140 cm³/mol. The molecule has 0 spiro atoms. The van der Waals surface area contributed by atoms with Crippen molar-refractivity contribution in [2.75, 3.05) is 52.4 Å². The van der Waals surface area contributed by atoms with Gasteiger partial charge in [-0.15, -0.1) is 0 Å². The Morgan fingerprint density at radius 2 is 1.79 bits per heavy atom. The topological polar surface area (TPSA) is 94.8 Å². The summed E-state index contributed by atoms with van der Waals surface area (Å²) in [5.41, 5.74) is 1.80. The summed E-state index contributed by atoms with van der Waals surface area (Å²) < 4.78 is 31.7. The zero-order valence-electron chi connectivity index (χ0n) is 22.1. The highest BCUT2D eigenvalue weighted by molar-refractivity contribution is 5.99. The summed E-state index contributed by atoms with van der Waals surface area (Å²) in [4.78, 5) is 44.0. The third kappa shape index (κ3) is 4.62. The van der Waals surface area contributed by atoms with Crippen LogP contribution in [0.4, 0.5) is 8.78 Å². The van der Waals surface area contributed by atoms with Gasteiger partial charge in [0, 0.05) is 58.8 Å². The Morgan fingerprint density at radius 1 is 1.08 bits per heavy atom. The van der Waals surface area contributed by atoms with Crippen molar-refractivity contribution in [3.8, 4) is 0 Å². The Bertz CT molecular complexity index is 1190. The fourth-order valence-electron chi connectivity index (χ4n) is 6.42. The molecule has 4 saturated heterocycles. The first-order valence-electron chi connectivity index (χ1n) is 13.4. The molecule has 0 radical (unpaired) electrons. The van der Waals surface area contributed by atoms with E-state index in [0.29, 0.717) is 37.4 Å². The van der Waals surface area contributed by atoms with Crippen LogP contribution in [0.15, 0.2) is 17.4 Å². The van der Waals surface area contributed by atoms with E-state index in [4.69, 9.17) is 0 Å². The molecule has 10 nitrogen and oxygen atoms in total. The number of alkyl halides is 2. The Hall–Kier alpha value is -2.83. The smallest absolute Gasteiger partial charge is 0.329 e. The summed E-state index contributed by atoms with van der Waals surface area (Å²) in [6.07, 6.45) is 4.48. The lowest BCUT2D eigenvalue weighted by molar-refractivity contribution is -0.135. The van der Waals surface area contributed by atoms with Gasteiger partial charge in [0.05, 0.1) is 29.7 Å². The minimum Gasteiger partial charge on any atom is -0.367 e. The lowest BCUT2D eigenvalue weighted by Crippen LogP contribution is -2.69. The lowest BCUT2D eigenvalue weighted by Gasteiger charge is -2.53. The number of rotatable bonds is 6. The summed E-state index contributed by atoms with van der Waals surface area (Å²) in [5.74, 6) is -3.50. The molecule has 0 aromatic carbocycles. The molecule has 2 amide bonds. The zero-order chi connectivity index (χ0) is 27.2. The fraction of sp³-hybridized carbons (Fsp3) is 0.654. The maximum absolute atomic E-state index is 14.3. The van der Waals surface area contributed by atoms with Crippen molar-refractivity contribution in [3.63, 3.8) is 0 Å². The van der Waals surface area contributed by atoms with Crippen LogP contribution in [0, 0.1) is 0 Å². The second kappa shape index (κ2) is 10.4. The highest BCUT2D eigenvalue weighted by atomic mass is 19.3. The van der Waals surface area contributed by atoms with Gasteiger partial charge in [-0.2, -0.15) is 0 Å². The van der Waals surface area contributed by atoms with Gasteiger partial charge in [0.25, 0.3) is 5.92 Å². The van der Waals surface area contributed by atoms with E-state index >= 15 is 0 Å². The first-order valence-corrected chi connectivity index (χ1v) is 13.4. The van der Waals surface area contributed by atoms with Crippen LogP contribution in [-0.2, 0) is 16.6 Å². The van der Waals surface area contributed by atoms with Crippen LogP contribution in [0.2, 0.25) is 0 Å². The van der Waals surface area contributed by atoms with Gasteiger partial charge in [-0.1, -0.05) is 12.7 Å². The Morgan fingerprint density at radius 3 is 2.39 bits per heavy atom. The average Bonchev–Trinajstić information content (AvgIpc) is 3.10. The van der Waals surface area contributed by atoms with Crippen LogP contribution in [0.1, 0.15) is 43.6 Å². The number of imide groups is 1. The van der Waals surface area contributed by atoms with Crippen molar-refractivity contribution in [1.29, 1.82) is 0 Å². The minimum absolute atomic E-state index is 0.177. The molecule has 38 heavy (non-hydrogen) atoms. The molecule has 4 aliphatic heterocycles. The number of piperazine rings is 1. The molecule has 2 unspecified atom stereocenters. The molecule has 12 heteroatoms. The monoisotopic (exact) mass is 533 g/mol. The Labute approximate surface area is 220 Å². The zero-order valence-corrected chi connectivity index (χ0v) is 22.1. The number of carbonyl (C=O) groups is 2. The maximum atomic E-state index is 14.3. The highest BCUT2D eigenvalue weighted by Crippen LogP contribution is 2.33. The number of amides is 2. The number of aromatic nitrogens is 2. The molecular formula is C26H37F2N7O3. The second-order valence-electron chi connectivity index (χ2n) is 10.7. The summed E-state index contributed by atoms with van der Waals surface area (Å²) in [6.45, 7) is 10.6. The number of allylic oxidation sites excluding steroid dienone is 1. The highest BCUT2D eigenvalue weighted by Gasteiger charge is 2.49. The van der Waals surface area contributed by atoms with Gasteiger partial charge in [-0.05, 0) is 32.4 Å². The van der Waals surface area contributed by atoms with E-state index in [1.165, 1.54) is 4.57 Å². The number of nitrogens with one attached hydrogen (secondary N) is 2. The first-order chi connectivity index (χ1) is 18.2. The van der Waals surface area contributed by atoms with Crippen LogP contribution in [0.25, 0.3) is 11.8 Å². The summed E-state index contributed by atoms with van der Waals surface area (Å²) in [5, 5.41) is 5.13. The molecule has 208 valence electrons. The number of carbonyl (C=O) groups excluding carboxylic acids is 2. The van der Waals surface area contributed by atoms with Crippen LogP contribution >= 0.6 is 0 Å². The summed E-state index contributed by atoms with van der Waals surface area (Å²) in [6, 6.07) is -1.17. The fourth-order valence-corrected chi connectivity index (χ4v) is 6.42. The van der Waals surface area contributed by atoms with Crippen molar-refractivity contribution in [2.24, 2.45) is 7.05 Å². The molecule has 0 aliphatic carbocycles. The third-order valence-corrected chi connectivity index (χ3v) is 8.51. The number of piperidine rings is 2. The second-order valence-corrected chi connectivity index (χ2v) is 10.7. The molecule has 1 aromatic heterocycles. The van der Waals surface area contributed by atoms with Gasteiger partial charge < -0.3 is 10.2 Å². The average molecular weight is 534 g/mol. The van der Waals surface area contributed by atoms with E-state index in [-0.39, 0.29) is 37.0 Å². The largest absolute Gasteiger partial charge is 0.367 e. The number of hydrogen-bond acceptors (Lipinski definition) is 7. The molecule has 5 heterocycles. The maximum Gasteiger partial charge on any atom is 0.329 e. The van der Waals surface area contributed by atoms with Gasteiger partial charge in [0.2, 0.25) is 11.8 Å². The van der Waals surface area contributed by atoms with Gasteiger partial charge in [-0.25, -0.2) is 13.6 Å². The Kier molecular flexibility index (Phi) is 7.31. The van der Waals surface area contributed by atoms with Gasteiger partial charge in [0.15, 0.2) is 0 Å². The van der Waals surface area contributed by atoms with Gasteiger partial charge in [0.1, 0.15) is 6.04 Å². The molecule has 2 atom stereocenters. The van der Waals surface area contributed by atoms with Crippen molar-refractivity contribution in [1.82, 2.24) is 34.5 Å². The number of nitrogens with zero attached hydrogens (tertiary/aromatic N) is 5. The van der Waals surface area contributed by atoms with E-state index in [0.717, 1.165) is 31.9 Å². The van der Waals surface area contributed by atoms with E-state index in [9.17, 15) is 23.2 Å². The minimum atomic E-state index is -2.69. The SMILES string of the molecule is C=Cc1c(/C(=C\C)N2CCN(C3CN(C4CCNCC4(F)F)C3)CC2)n(C)c(=O)n1C1CCC(=O)NC1=O. The number of halogens is 2. The van der Waals surface area contributed by atoms with E-state index in [1.807, 2.05) is 17.9 Å². The van der Waals surface area contributed by atoms with E-state index in [2.05, 4.69) is 27.0 Å². The Balaban J connectivity index is 1.27. The predicted octanol–water partition coefficient (Wildman–Crippen LogP) is 0.467. The molecule has 4 fully saturated rings. The van der Waals surface area contributed by atoms with Crippen LogP contribution in [0.3, 0.4) is 0 Å². The first kappa shape index (κ1) is 26.8. The van der Waals surface area contributed by atoms with Crippen molar-refractivity contribution in [2.45, 2.75) is 50.2 Å². The van der Waals surface area contributed by atoms with Crippen LogP contribution in [-0.4, -0.2) is 106 Å². The van der Waals surface area contributed by atoms with Crippen LogP contribution in [0.5, 0.6) is 0 Å². The van der Waals surface area contributed by atoms with E-state index in [1.54, 1.807) is 17.7 Å². The number of imidazole rings is 1. The molecule has 4 aliphatic rings. The van der Waals surface area contributed by atoms with Gasteiger partial charge in [-0.3, -0.25) is 33.8 Å². The molecule has 0 bridgehead atoms. The quantitative estimate of drug-likeness (QED) is 0.514. The number of hydrogen-bond donors (Lipinski definition) is 2. The van der Waals surface area contributed by atoms with Crippen molar-refractivity contribution in [3.05, 3.63) is 34.5 Å². The standard InChI is InChI=1S/C26H37F2N7O3/c1-4-18(23-19(5-2)35(25(38)31(23)3)20-6-7-22(36)30-24(20)37)33-12-10-32(11-13-33)17-14-34(15-17)21-8-9-29-16-26(21,27)28/h4-5,17,20-21,29H,2,6-16H2,1,3H3,(H,30,36,37)/b18-4+. The van der Waals surface area contributed by atoms with Crippen molar-refractivity contribution < 1.29 is 18.4 Å². The third-order valence-electron chi connectivity index (χ3n) is 8.51.